The monoisotopic (exact) mass is 301 g/mol. The minimum Gasteiger partial charge on any atom is -0.496 e. The Bertz CT molecular complexity index is 1030. The van der Waals surface area contributed by atoms with Crippen LogP contribution in [0.1, 0.15) is 10.4 Å². The molecule has 0 bridgehead atoms. The highest BCUT2D eigenvalue weighted by molar-refractivity contribution is 6.14. The van der Waals surface area contributed by atoms with Crippen LogP contribution < -0.4 is 4.74 Å². The van der Waals surface area contributed by atoms with Crippen LogP contribution in [0.5, 0.6) is 5.75 Å². The number of H-pyrrole nitrogens is 1. The van der Waals surface area contributed by atoms with Crippen LogP contribution >= 0.6 is 0 Å². The zero-order valence-corrected chi connectivity index (χ0v) is 12.7. The number of benzene rings is 3. The van der Waals surface area contributed by atoms with E-state index in [2.05, 4.69) is 17.1 Å². The van der Waals surface area contributed by atoms with Crippen LogP contribution in [0.25, 0.3) is 32.9 Å². The fourth-order valence-electron chi connectivity index (χ4n) is 3.14. The second-order valence-electron chi connectivity index (χ2n) is 5.44. The maximum absolute atomic E-state index is 11.8. The molecule has 0 saturated carbocycles. The van der Waals surface area contributed by atoms with E-state index in [1.807, 2.05) is 48.5 Å². The number of methoxy groups -OCH3 is 1. The SMILES string of the molecule is COc1ccccc1-c1[nH]c2c(ccc3ccccc32)c1C=O. The molecular formula is C20H15NO2. The van der Waals surface area contributed by atoms with E-state index in [-0.39, 0.29) is 0 Å². The summed E-state index contributed by atoms with van der Waals surface area (Å²) in [6, 6.07) is 19.9. The van der Waals surface area contributed by atoms with Crippen molar-refractivity contribution in [3.05, 3.63) is 66.2 Å². The van der Waals surface area contributed by atoms with Crippen molar-refractivity contribution >= 4 is 28.0 Å². The fourth-order valence-corrected chi connectivity index (χ4v) is 3.14. The number of carbonyl (C=O) groups excluding carboxylic acids is 1. The van der Waals surface area contributed by atoms with Crippen LogP contribution in [-0.4, -0.2) is 18.4 Å². The molecule has 1 heterocycles. The lowest BCUT2D eigenvalue weighted by atomic mass is 10.0. The number of fused-ring (bicyclic) bond motifs is 3. The Morgan fingerprint density at radius 1 is 0.913 bits per heavy atom. The normalized spacial score (nSPS) is 11.0. The van der Waals surface area contributed by atoms with Crippen LogP contribution in [0, 0.1) is 0 Å². The molecule has 0 saturated heterocycles. The van der Waals surface area contributed by atoms with Gasteiger partial charge in [0, 0.05) is 21.9 Å². The minimum atomic E-state index is 0.662. The van der Waals surface area contributed by atoms with Crippen LogP contribution in [0.3, 0.4) is 0 Å². The van der Waals surface area contributed by atoms with E-state index in [9.17, 15) is 4.79 Å². The zero-order valence-electron chi connectivity index (χ0n) is 12.7. The van der Waals surface area contributed by atoms with Gasteiger partial charge < -0.3 is 9.72 Å². The van der Waals surface area contributed by atoms with Gasteiger partial charge in [0.1, 0.15) is 5.75 Å². The third-order valence-electron chi connectivity index (χ3n) is 4.23. The Morgan fingerprint density at radius 2 is 1.70 bits per heavy atom. The molecule has 0 radical (unpaired) electrons. The molecule has 4 rings (SSSR count). The second kappa shape index (κ2) is 5.29. The van der Waals surface area contributed by atoms with E-state index in [0.29, 0.717) is 5.56 Å². The number of rotatable bonds is 3. The molecule has 3 heteroatoms. The van der Waals surface area contributed by atoms with Crippen molar-refractivity contribution in [3.8, 4) is 17.0 Å². The number of aldehydes is 1. The molecule has 23 heavy (non-hydrogen) atoms. The van der Waals surface area contributed by atoms with E-state index >= 15 is 0 Å². The molecule has 0 spiro atoms. The lowest BCUT2D eigenvalue weighted by molar-refractivity contribution is 0.112. The van der Waals surface area contributed by atoms with Gasteiger partial charge in [-0.25, -0.2) is 0 Å². The molecule has 0 unspecified atom stereocenters. The summed E-state index contributed by atoms with van der Waals surface area (Å²) in [6.45, 7) is 0. The molecule has 1 aromatic heterocycles. The van der Waals surface area contributed by atoms with Gasteiger partial charge in [0.15, 0.2) is 6.29 Å². The van der Waals surface area contributed by atoms with Crippen LogP contribution in [0.2, 0.25) is 0 Å². The predicted octanol–water partition coefficient (Wildman–Crippen LogP) is 4.81. The molecule has 0 aliphatic carbocycles. The molecule has 0 amide bonds. The quantitative estimate of drug-likeness (QED) is 0.552. The third-order valence-corrected chi connectivity index (χ3v) is 4.23. The maximum Gasteiger partial charge on any atom is 0.152 e. The number of aromatic amines is 1. The van der Waals surface area contributed by atoms with Gasteiger partial charge >= 0.3 is 0 Å². The Balaban J connectivity index is 2.11. The summed E-state index contributed by atoms with van der Waals surface area (Å²) in [4.78, 5) is 15.2. The third kappa shape index (κ3) is 2.01. The van der Waals surface area contributed by atoms with Crippen molar-refractivity contribution in [2.75, 3.05) is 7.11 Å². The van der Waals surface area contributed by atoms with E-state index in [0.717, 1.165) is 45.0 Å². The topological polar surface area (TPSA) is 42.1 Å². The highest BCUT2D eigenvalue weighted by atomic mass is 16.5. The van der Waals surface area contributed by atoms with Crippen molar-refractivity contribution in [2.24, 2.45) is 0 Å². The maximum atomic E-state index is 11.8. The number of hydrogen-bond donors (Lipinski definition) is 1. The van der Waals surface area contributed by atoms with Crippen LogP contribution in [0.15, 0.2) is 60.7 Å². The molecule has 0 aliphatic rings. The molecule has 1 N–H and O–H groups in total. The summed E-state index contributed by atoms with van der Waals surface area (Å²) in [5, 5.41) is 3.18. The van der Waals surface area contributed by atoms with E-state index in [1.165, 1.54) is 0 Å². The highest BCUT2D eigenvalue weighted by Crippen LogP contribution is 2.37. The van der Waals surface area contributed by atoms with Crippen LogP contribution in [-0.2, 0) is 0 Å². The lowest BCUT2D eigenvalue weighted by Crippen LogP contribution is -1.90. The standard InChI is InChI=1S/C20H15NO2/c1-23-18-9-5-4-8-16(18)20-17(12-22)15-11-10-13-6-2-3-7-14(13)19(15)21-20/h2-12,21H,1H3. The van der Waals surface area contributed by atoms with Gasteiger partial charge in [0.05, 0.1) is 18.3 Å². The summed E-state index contributed by atoms with van der Waals surface area (Å²) in [5.41, 5.74) is 3.32. The first kappa shape index (κ1) is 13.6. The molecule has 112 valence electrons. The molecule has 0 aliphatic heterocycles. The first-order valence-electron chi connectivity index (χ1n) is 7.45. The Labute approximate surface area is 133 Å². The predicted molar refractivity (Wildman–Crippen MR) is 93.2 cm³/mol. The number of ether oxygens (including phenoxy) is 1. The molecule has 3 aromatic carbocycles. The van der Waals surface area contributed by atoms with Crippen molar-refractivity contribution < 1.29 is 9.53 Å². The summed E-state index contributed by atoms with van der Waals surface area (Å²) in [7, 11) is 1.64. The van der Waals surface area contributed by atoms with Crippen molar-refractivity contribution in [2.45, 2.75) is 0 Å². The molecule has 3 nitrogen and oxygen atoms in total. The van der Waals surface area contributed by atoms with Gasteiger partial charge in [-0.2, -0.15) is 0 Å². The largest absolute Gasteiger partial charge is 0.496 e. The van der Waals surface area contributed by atoms with Gasteiger partial charge in [-0.3, -0.25) is 4.79 Å². The van der Waals surface area contributed by atoms with Gasteiger partial charge in [-0.05, 0) is 17.5 Å². The Kier molecular flexibility index (Phi) is 3.12. The number of carbonyl (C=O) groups is 1. The highest BCUT2D eigenvalue weighted by Gasteiger charge is 2.16. The number of para-hydroxylation sites is 1. The Hall–Kier alpha value is -3.07. The molecule has 0 fully saturated rings. The summed E-state index contributed by atoms with van der Waals surface area (Å²) in [5.74, 6) is 0.742. The average molecular weight is 301 g/mol. The zero-order chi connectivity index (χ0) is 15.8. The van der Waals surface area contributed by atoms with Crippen molar-refractivity contribution in [1.29, 1.82) is 0 Å². The van der Waals surface area contributed by atoms with Crippen molar-refractivity contribution in [3.63, 3.8) is 0 Å². The lowest BCUT2D eigenvalue weighted by Gasteiger charge is -2.07. The fraction of sp³-hybridized carbons (Fsp3) is 0.0500. The van der Waals surface area contributed by atoms with Crippen molar-refractivity contribution in [1.82, 2.24) is 4.98 Å². The second-order valence-corrected chi connectivity index (χ2v) is 5.44. The van der Waals surface area contributed by atoms with Gasteiger partial charge in [-0.15, -0.1) is 0 Å². The smallest absolute Gasteiger partial charge is 0.152 e. The number of nitrogens with one attached hydrogen (secondary N) is 1. The van der Waals surface area contributed by atoms with Gasteiger partial charge in [0.2, 0.25) is 0 Å². The summed E-state index contributed by atoms with van der Waals surface area (Å²) < 4.78 is 5.45. The summed E-state index contributed by atoms with van der Waals surface area (Å²) in [6.07, 6.45) is 0.912. The van der Waals surface area contributed by atoms with E-state index in [1.54, 1.807) is 7.11 Å². The molecular weight excluding hydrogens is 286 g/mol. The van der Waals surface area contributed by atoms with Crippen LogP contribution in [0.4, 0.5) is 0 Å². The Morgan fingerprint density at radius 3 is 2.52 bits per heavy atom. The molecule has 0 atom stereocenters. The first-order valence-corrected chi connectivity index (χ1v) is 7.45. The number of aromatic nitrogens is 1. The minimum absolute atomic E-state index is 0.662. The van der Waals surface area contributed by atoms with E-state index < -0.39 is 0 Å². The average Bonchev–Trinajstić information content (AvgIpc) is 3.00. The van der Waals surface area contributed by atoms with Gasteiger partial charge in [-0.1, -0.05) is 48.5 Å². The first-order chi connectivity index (χ1) is 11.3. The molecule has 4 aromatic rings. The number of hydrogen-bond acceptors (Lipinski definition) is 2. The van der Waals surface area contributed by atoms with Gasteiger partial charge in [0.25, 0.3) is 0 Å². The van der Waals surface area contributed by atoms with E-state index in [4.69, 9.17) is 4.74 Å². The summed E-state index contributed by atoms with van der Waals surface area (Å²) >= 11 is 0.